The second-order valence-electron chi connectivity index (χ2n) is 3.27. The Morgan fingerprint density at radius 2 is 0.800 bits per heavy atom. The van der Waals surface area contributed by atoms with Crippen LogP contribution in [0.1, 0.15) is 2.85 Å². The predicted molar refractivity (Wildman–Crippen MR) is 53.0 cm³/mol. The molecular formula is C4H12N2Na2O10S2. The van der Waals surface area contributed by atoms with Gasteiger partial charge in [0.15, 0.2) is 24.9 Å². The van der Waals surface area contributed by atoms with Crippen LogP contribution in [0.4, 0.5) is 0 Å². The second-order valence-corrected chi connectivity index (χ2v) is 5.90. The average Bonchev–Trinajstić information content (AvgIpc) is 2.10. The third-order valence-corrected chi connectivity index (χ3v) is 4.04. The van der Waals surface area contributed by atoms with Crippen molar-refractivity contribution in [3.05, 3.63) is 0 Å². The molecule has 20 heavy (non-hydrogen) atoms. The van der Waals surface area contributed by atoms with Gasteiger partial charge in [0.1, 0.15) is 0 Å². The van der Waals surface area contributed by atoms with E-state index in [1.807, 2.05) is 0 Å². The van der Waals surface area contributed by atoms with E-state index < -0.39 is 54.1 Å². The van der Waals surface area contributed by atoms with Crippen LogP contribution in [0, 0.1) is 0 Å². The van der Waals surface area contributed by atoms with Crippen molar-refractivity contribution in [2.45, 2.75) is 24.9 Å². The van der Waals surface area contributed by atoms with Crippen LogP contribution in [-0.2, 0) is 20.6 Å². The Kier molecular flexibility index (Phi) is 9.43. The summed E-state index contributed by atoms with van der Waals surface area (Å²) in [5, 5.41) is 37.0. The van der Waals surface area contributed by atoms with Crippen molar-refractivity contribution in [2.75, 3.05) is 0 Å². The van der Waals surface area contributed by atoms with Crippen molar-refractivity contribution in [1.82, 2.24) is 8.61 Å². The summed E-state index contributed by atoms with van der Waals surface area (Å²) in [6, 6.07) is 0. The summed E-state index contributed by atoms with van der Waals surface area (Å²) < 4.78 is 59.2. The van der Waals surface area contributed by atoms with Crippen molar-refractivity contribution >= 4 is 20.6 Å². The Morgan fingerprint density at radius 3 is 0.900 bits per heavy atom. The standard InChI is InChI=1S/C4H10N2O10S2.2Na.2H/c7-1-2(8)6(18(14,15)16)4(10)3(9)5(1)17(11,12)13;;;;/h1-4,7-10H,(H,11,12,13)(H,14,15,16);;;;/q;2*+1;2*-1. The fraction of sp³-hybridized carbons (Fsp3) is 1.00. The smallest absolute Gasteiger partial charge is 1.00 e. The molecule has 1 saturated heterocycles. The predicted octanol–water partition coefficient (Wildman–Crippen LogP) is -10.3. The van der Waals surface area contributed by atoms with Gasteiger partial charge in [-0.3, -0.25) is 9.11 Å². The summed E-state index contributed by atoms with van der Waals surface area (Å²) in [6.45, 7) is 0. The van der Waals surface area contributed by atoms with Crippen LogP contribution in [0.3, 0.4) is 0 Å². The van der Waals surface area contributed by atoms with Crippen LogP contribution in [0.2, 0.25) is 0 Å². The molecule has 12 nitrogen and oxygen atoms in total. The molecule has 4 unspecified atom stereocenters. The van der Waals surface area contributed by atoms with Crippen LogP contribution < -0.4 is 59.1 Å². The first-order valence-corrected chi connectivity index (χ1v) is 6.92. The topological polar surface area (TPSA) is 196 Å². The van der Waals surface area contributed by atoms with Gasteiger partial charge in [-0.15, -0.1) is 8.61 Å². The van der Waals surface area contributed by atoms with E-state index in [0.717, 1.165) is 0 Å². The molecule has 0 radical (unpaired) electrons. The third kappa shape index (κ3) is 4.79. The number of aliphatic hydroxyl groups excluding tert-OH is 4. The average molecular weight is 358 g/mol. The minimum Gasteiger partial charge on any atom is -1.00 e. The van der Waals surface area contributed by atoms with E-state index in [9.17, 15) is 37.3 Å². The minimum absolute atomic E-state index is 0. The third-order valence-electron chi connectivity index (χ3n) is 2.11. The van der Waals surface area contributed by atoms with Crippen LogP contribution in [0.5, 0.6) is 0 Å². The van der Waals surface area contributed by atoms with Gasteiger partial charge in [0.25, 0.3) is 0 Å². The van der Waals surface area contributed by atoms with Gasteiger partial charge in [-0.2, -0.15) is 16.8 Å². The van der Waals surface area contributed by atoms with Crippen molar-refractivity contribution in [2.24, 2.45) is 0 Å². The van der Waals surface area contributed by atoms with E-state index >= 15 is 0 Å². The van der Waals surface area contributed by atoms with Crippen LogP contribution in [-0.4, -0.2) is 79.9 Å². The fourth-order valence-corrected chi connectivity index (χ4v) is 2.91. The molecule has 0 bridgehead atoms. The maximum atomic E-state index is 10.8. The largest absolute Gasteiger partial charge is 1.00 e. The van der Waals surface area contributed by atoms with Crippen LogP contribution >= 0.6 is 0 Å². The minimum atomic E-state index is -5.25. The molecule has 1 rings (SSSR count). The number of aliphatic hydroxyl groups is 4. The molecule has 0 spiro atoms. The number of hydrogen-bond donors (Lipinski definition) is 6. The van der Waals surface area contributed by atoms with Gasteiger partial charge >= 0.3 is 79.7 Å². The molecule has 0 aliphatic carbocycles. The molecule has 1 fully saturated rings. The van der Waals surface area contributed by atoms with Crippen molar-refractivity contribution in [1.29, 1.82) is 0 Å². The summed E-state index contributed by atoms with van der Waals surface area (Å²) >= 11 is 0. The second kappa shape index (κ2) is 7.91. The van der Waals surface area contributed by atoms with E-state index in [1.165, 1.54) is 0 Å². The number of piperazine rings is 1. The summed E-state index contributed by atoms with van der Waals surface area (Å²) in [7, 11) is -10.5. The number of rotatable bonds is 2. The summed E-state index contributed by atoms with van der Waals surface area (Å²) in [5.74, 6) is 0. The number of nitrogens with zero attached hydrogens (tertiary/aromatic N) is 2. The molecule has 0 amide bonds. The Morgan fingerprint density at radius 1 is 0.650 bits per heavy atom. The molecule has 0 aromatic heterocycles. The van der Waals surface area contributed by atoms with E-state index in [-0.39, 0.29) is 62.0 Å². The molecule has 112 valence electrons. The number of hydrogen-bond acceptors (Lipinski definition) is 8. The van der Waals surface area contributed by atoms with E-state index in [2.05, 4.69) is 0 Å². The van der Waals surface area contributed by atoms with Gasteiger partial charge in [-0.25, -0.2) is 0 Å². The van der Waals surface area contributed by atoms with E-state index in [0.29, 0.717) is 0 Å². The Balaban J connectivity index is -0.000000405. The van der Waals surface area contributed by atoms with E-state index in [1.54, 1.807) is 0 Å². The Labute approximate surface area is 161 Å². The normalized spacial score (nSPS) is 33.1. The molecule has 0 aromatic carbocycles. The van der Waals surface area contributed by atoms with Gasteiger partial charge in [0.2, 0.25) is 0 Å². The van der Waals surface area contributed by atoms with Crippen LogP contribution in [0.15, 0.2) is 0 Å². The SMILES string of the molecule is O=S(=O)(O)N1C(O)C(O)N(S(=O)(=O)O)C(O)C1O.[H-].[H-].[Na+].[Na+]. The van der Waals surface area contributed by atoms with Crippen molar-refractivity contribution in [3.63, 3.8) is 0 Å². The molecular weight excluding hydrogens is 346 g/mol. The van der Waals surface area contributed by atoms with Gasteiger partial charge in [-0.05, 0) is 0 Å². The van der Waals surface area contributed by atoms with Gasteiger partial charge in [-0.1, -0.05) is 0 Å². The molecule has 0 aromatic rings. The first-order chi connectivity index (χ1) is 7.89. The first-order valence-electron chi connectivity index (χ1n) is 4.13. The van der Waals surface area contributed by atoms with Crippen LogP contribution in [0.25, 0.3) is 0 Å². The molecule has 6 N–H and O–H groups in total. The summed E-state index contributed by atoms with van der Waals surface area (Å²) in [4.78, 5) is 0. The van der Waals surface area contributed by atoms with Crippen molar-refractivity contribution in [3.8, 4) is 0 Å². The molecule has 4 atom stereocenters. The summed E-state index contributed by atoms with van der Waals surface area (Å²) in [5.41, 5.74) is 0. The monoisotopic (exact) mass is 358 g/mol. The maximum Gasteiger partial charge on any atom is 1.00 e. The zero-order valence-corrected chi connectivity index (χ0v) is 16.0. The van der Waals surface area contributed by atoms with Crippen molar-refractivity contribution < 1.29 is 108 Å². The van der Waals surface area contributed by atoms with Gasteiger partial charge in [0, 0.05) is 0 Å². The maximum absolute atomic E-state index is 10.8. The first kappa shape index (κ1) is 23.8. The zero-order chi connectivity index (χ0) is 14.5. The quantitative estimate of drug-likeness (QED) is 0.204. The Bertz CT molecular complexity index is 469. The van der Waals surface area contributed by atoms with E-state index in [4.69, 9.17) is 9.11 Å². The zero-order valence-electron chi connectivity index (χ0n) is 12.3. The molecule has 0 saturated carbocycles. The molecule has 1 heterocycles. The Hall–Kier alpha value is 1.58. The molecule has 16 heteroatoms. The van der Waals surface area contributed by atoms with Gasteiger partial charge in [0.05, 0.1) is 0 Å². The molecule has 1 aliphatic heterocycles. The molecule has 1 aliphatic rings. The fourth-order valence-electron chi connectivity index (χ4n) is 1.38. The van der Waals surface area contributed by atoms with Gasteiger partial charge < -0.3 is 23.3 Å². The summed E-state index contributed by atoms with van der Waals surface area (Å²) in [6.07, 6.45) is -10.6.